The predicted molar refractivity (Wildman–Crippen MR) is 172 cm³/mol. The lowest BCUT2D eigenvalue weighted by Gasteiger charge is -2.34. The monoisotopic (exact) mass is 630 g/mol. The van der Waals surface area contributed by atoms with Crippen LogP contribution in [-0.4, -0.2) is 89.2 Å². The summed E-state index contributed by atoms with van der Waals surface area (Å²) >= 11 is 7.24. The number of ether oxygens (including phenoxy) is 2. The van der Waals surface area contributed by atoms with E-state index in [1.54, 1.807) is 24.5 Å². The summed E-state index contributed by atoms with van der Waals surface area (Å²) in [6.45, 7) is 6.84. The molecule has 234 valence electrons. The Morgan fingerprint density at radius 1 is 1.18 bits per heavy atom. The number of piperazine rings is 1. The molecule has 45 heavy (non-hydrogen) atoms. The summed E-state index contributed by atoms with van der Waals surface area (Å²) < 4.78 is 28.9. The number of rotatable bonds is 8. The van der Waals surface area contributed by atoms with Gasteiger partial charge >= 0.3 is 0 Å². The number of anilines is 1. The second kappa shape index (κ2) is 11.3. The van der Waals surface area contributed by atoms with Crippen molar-refractivity contribution >= 4 is 39.2 Å². The molecule has 5 heterocycles. The highest BCUT2D eigenvalue weighted by Gasteiger charge is 2.45. The standard InChI is InChI=1S/C34H36ClFN6O3/c1-2-26-27(36)6-3-21-13-25(43)14-22(28(21)26)15-42-20-37-30-31(42)29(35)32(41-16-23-4-5-24(17-41)38-23)39-33(30)45-19-34(7-8-34)18-40-9-11-44-12-10-40/h1,3,6,13-14,20,23-24,38,43H,4-5,7-12,15-19H2. The Labute approximate surface area is 266 Å². The summed E-state index contributed by atoms with van der Waals surface area (Å²) in [6, 6.07) is 6.97. The number of phenolic OH excluding ortho intramolecular Hbond substituents is 1. The fraction of sp³-hybridized carbons (Fsp3) is 0.471. The Kier molecular flexibility index (Phi) is 7.25. The third-order valence-corrected chi connectivity index (χ3v) is 10.3. The zero-order chi connectivity index (χ0) is 30.7. The highest BCUT2D eigenvalue weighted by atomic mass is 35.5. The van der Waals surface area contributed by atoms with Gasteiger partial charge in [0.2, 0.25) is 5.88 Å². The van der Waals surface area contributed by atoms with E-state index in [0.29, 0.717) is 62.8 Å². The van der Waals surface area contributed by atoms with Gasteiger partial charge in [0.15, 0.2) is 11.3 Å². The highest BCUT2D eigenvalue weighted by molar-refractivity contribution is 6.37. The summed E-state index contributed by atoms with van der Waals surface area (Å²) in [5, 5.41) is 16.0. The number of phenols is 1. The first-order valence-corrected chi connectivity index (χ1v) is 16.2. The van der Waals surface area contributed by atoms with Crippen LogP contribution in [0.15, 0.2) is 30.6 Å². The van der Waals surface area contributed by atoms with Crippen molar-refractivity contribution in [2.75, 3.05) is 57.4 Å². The Morgan fingerprint density at radius 3 is 2.69 bits per heavy atom. The number of morpholine rings is 1. The first-order chi connectivity index (χ1) is 21.9. The van der Waals surface area contributed by atoms with Crippen LogP contribution in [0.2, 0.25) is 5.02 Å². The second-order valence-electron chi connectivity index (χ2n) is 13.1. The number of nitrogens with one attached hydrogen (secondary N) is 1. The molecular weight excluding hydrogens is 595 g/mol. The van der Waals surface area contributed by atoms with Crippen molar-refractivity contribution in [3.63, 3.8) is 0 Å². The molecule has 3 aliphatic heterocycles. The number of fused-ring (bicyclic) bond motifs is 4. The molecule has 0 amide bonds. The van der Waals surface area contributed by atoms with Crippen LogP contribution in [0, 0.1) is 23.6 Å². The third-order valence-electron chi connectivity index (χ3n) is 9.92. The molecule has 0 spiro atoms. The number of aromatic nitrogens is 3. The van der Waals surface area contributed by atoms with Gasteiger partial charge in [-0.3, -0.25) is 4.90 Å². The predicted octanol–water partition coefficient (Wildman–Crippen LogP) is 4.54. The average molecular weight is 631 g/mol. The van der Waals surface area contributed by atoms with E-state index in [1.165, 1.54) is 6.07 Å². The maximum atomic E-state index is 14.8. The first-order valence-electron chi connectivity index (χ1n) is 15.8. The van der Waals surface area contributed by atoms with Crippen LogP contribution in [-0.2, 0) is 11.3 Å². The van der Waals surface area contributed by atoms with Gasteiger partial charge in [0, 0.05) is 62.2 Å². The average Bonchev–Trinajstić information content (AvgIpc) is 3.53. The van der Waals surface area contributed by atoms with Crippen molar-refractivity contribution in [3.05, 3.63) is 52.6 Å². The molecule has 2 aromatic carbocycles. The van der Waals surface area contributed by atoms with Crippen LogP contribution in [0.3, 0.4) is 0 Å². The molecule has 1 aliphatic carbocycles. The summed E-state index contributed by atoms with van der Waals surface area (Å²) in [6.07, 6.45) is 12.0. The number of pyridine rings is 1. The molecule has 4 aliphatic rings. The third kappa shape index (κ3) is 5.36. The van der Waals surface area contributed by atoms with Crippen molar-refractivity contribution in [3.8, 4) is 24.0 Å². The van der Waals surface area contributed by atoms with Crippen LogP contribution < -0.4 is 15.0 Å². The minimum atomic E-state index is -0.480. The van der Waals surface area contributed by atoms with Gasteiger partial charge in [-0.2, -0.15) is 4.98 Å². The highest BCUT2D eigenvalue weighted by Crippen LogP contribution is 2.47. The Balaban J connectivity index is 1.19. The molecule has 4 aromatic rings. The van der Waals surface area contributed by atoms with E-state index in [4.69, 9.17) is 37.5 Å². The smallest absolute Gasteiger partial charge is 0.244 e. The topological polar surface area (TPSA) is 87.9 Å². The van der Waals surface area contributed by atoms with Gasteiger partial charge in [-0.25, -0.2) is 9.37 Å². The zero-order valence-electron chi connectivity index (χ0n) is 25.1. The van der Waals surface area contributed by atoms with E-state index < -0.39 is 5.82 Å². The number of hydrogen-bond donors (Lipinski definition) is 2. The van der Waals surface area contributed by atoms with E-state index >= 15 is 0 Å². The van der Waals surface area contributed by atoms with Gasteiger partial charge in [0.25, 0.3) is 0 Å². The van der Waals surface area contributed by atoms with Crippen molar-refractivity contribution in [1.82, 2.24) is 24.8 Å². The Bertz CT molecular complexity index is 1820. The van der Waals surface area contributed by atoms with Gasteiger partial charge in [-0.15, -0.1) is 6.42 Å². The number of nitrogens with zero attached hydrogens (tertiary/aromatic N) is 5. The number of terminal acetylenes is 1. The number of imidazole rings is 1. The van der Waals surface area contributed by atoms with Gasteiger partial charge in [0.05, 0.1) is 37.2 Å². The van der Waals surface area contributed by atoms with Crippen LogP contribution in [0.4, 0.5) is 10.2 Å². The first kappa shape index (κ1) is 28.8. The normalized spacial score (nSPS) is 22.6. The van der Waals surface area contributed by atoms with Gasteiger partial charge in [-0.05, 0) is 54.8 Å². The number of benzene rings is 2. The van der Waals surface area contributed by atoms with E-state index in [1.807, 2.05) is 4.57 Å². The summed E-state index contributed by atoms with van der Waals surface area (Å²) in [4.78, 5) is 14.5. The van der Waals surface area contributed by atoms with Crippen LogP contribution in [0.1, 0.15) is 36.8 Å². The molecule has 9 nitrogen and oxygen atoms in total. The molecule has 2 N–H and O–H groups in total. The quantitative estimate of drug-likeness (QED) is 0.275. The number of hydrogen-bond acceptors (Lipinski definition) is 8. The van der Waals surface area contributed by atoms with E-state index in [-0.39, 0.29) is 23.3 Å². The molecule has 2 atom stereocenters. The van der Waals surface area contributed by atoms with E-state index in [2.05, 4.69) is 21.0 Å². The molecule has 8 rings (SSSR count). The SMILES string of the molecule is C#Cc1c(F)ccc2cc(O)cc(Cn3cnc4c(OCC5(CN6CCOCC6)CC5)nc(N5CC6CCC(C5)N6)c(Cl)c43)c12. The molecule has 11 heteroatoms. The van der Waals surface area contributed by atoms with Crippen LogP contribution in [0.25, 0.3) is 21.8 Å². The maximum Gasteiger partial charge on any atom is 0.244 e. The number of halogens is 2. The molecule has 4 fully saturated rings. The molecule has 1 saturated carbocycles. The Hall–Kier alpha value is -3.62. The largest absolute Gasteiger partial charge is 0.508 e. The van der Waals surface area contributed by atoms with Crippen molar-refractivity contribution in [2.24, 2.45) is 5.41 Å². The van der Waals surface area contributed by atoms with Crippen molar-refractivity contribution < 1.29 is 19.0 Å². The lowest BCUT2D eigenvalue weighted by molar-refractivity contribution is 0.0234. The van der Waals surface area contributed by atoms with E-state index in [0.717, 1.165) is 71.6 Å². The zero-order valence-corrected chi connectivity index (χ0v) is 25.8. The van der Waals surface area contributed by atoms with Crippen LogP contribution in [0.5, 0.6) is 11.6 Å². The summed E-state index contributed by atoms with van der Waals surface area (Å²) in [5.41, 5.74) is 2.19. The van der Waals surface area contributed by atoms with Crippen molar-refractivity contribution in [1.29, 1.82) is 0 Å². The lowest BCUT2D eigenvalue weighted by atomic mass is 9.98. The molecule has 2 aromatic heterocycles. The van der Waals surface area contributed by atoms with Crippen LogP contribution >= 0.6 is 11.6 Å². The second-order valence-corrected chi connectivity index (χ2v) is 13.5. The fourth-order valence-corrected chi connectivity index (χ4v) is 7.77. The lowest BCUT2D eigenvalue weighted by Crippen LogP contribution is -2.51. The van der Waals surface area contributed by atoms with Crippen molar-refractivity contribution in [2.45, 2.75) is 44.3 Å². The maximum absolute atomic E-state index is 14.8. The molecule has 3 saturated heterocycles. The van der Waals surface area contributed by atoms with E-state index in [9.17, 15) is 9.50 Å². The molecule has 2 unspecified atom stereocenters. The Morgan fingerprint density at radius 2 is 1.96 bits per heavy atom. The number of aromatic hydroxyl groups is 1. The molecule has 0 radical (unpaired) electrons. The molecular formula is C34H36ClFN6O3. The minimum absolute atomic E-state index is 0.0697. The fourth-order valence-electron chi connectivity index (χ4n) is 7.41. The minimum Gasteiger partial charge on any atom is -0.508 e. The summed E-state index contributed by atoms with van der Waals surface area (Å²) in [7, 11) is 0. The van der Waals surface area contributed by atoms with Gasteiger partial charge in [-0.1, -0.05) is 23.6 Å². The van der Waals surface area contributed by atoms with Gasteiger partial charge in [0.1, 0.15) is 16.6 Å². The summed E-state index contributed by atoms with van der Waals surface area (Å²) in [5.74, 6) is 3.26. The van der Waals surface area contributed by atoms with Gasteiger partial charge < -0.3 is 29.4 Å². The molecule has 2 bridgehead atoms.